The maximum absolute atomic E-state index is 13.1. The van der Waals surface area contributed by atoms with Crippen molar-refractivity contribution < 1.29 is 18.0 Å². The standard InChI is InChI=1S/C16H11F3O/c17-16(18,19)13-7-2-1-5-11(13)12-6-3-4-10-8-9-14(20)15(10)12/h1-7H,8-9H2. The van der Waals surface area contributed by atoms with Crippen LogP contribution < -0.4 is 0 Å². The van der Waals surface area contributed by atoms with Crippen molar-refractivity contribution in [3.05, 3.63) is 59.2 Å². The average molecular weight is 276 g/mol. The van der Waals surface area contributed by atoms with Crippen LogP contribution in [0.4, 0.5) is 13.2 Å². The zero-order valence-electron chi connectivity index (χ0n) is 10.5. The zero-order chi connectivity index (χ0) is 14.3. The van der Waals surface area contributed by atoms with Crippen molar-refractivity contribution in [3.63, 3.8) is 0 Å². The number of carbonyl (C=O) groups excluding carboxylic acids is 1. The Bertz CT molecular complexity index is 686. The number of rotatable bonds is 1. The molecule has 102 valence electrons. The molecule has 0 atom stereocenters. The van der Waals surface area contributed by atoms with Gasteiger partial charge in [0.1, 0.15) is 0 Å². The van der Waals surface area contributed by atoms with Crippen molar-refractivity contribution in [2.24, 2.45) is 0 Å². The summed E-state index contributed by atoms with van der Waals surface area (Å²) in [7, 11) is 0. The number of hydrogen-bond acceptors (Lipinski definition) is 1. The third kappa shape index (κ3) is 2.01. The molecule has 1 aliphatic carbocycles. The first-order chi connectivity index (χ1) is 9.48. The quantitative estimate of drug-likeness (QED) is 0.749. The van der Waals surface area contributed by atoms with E-state index in [1.807, 2.05) is 0 Å². The van der Waals surface area contributed by atoms with Gasteiger partial charge in [-0.25, -0.2) is 0 Å². The highest BCUT2D eigenvalue weighted by atomic mass is 19.4. The Morgan fingerprint density at radius 1 is 0.850 bits per heavy atom. The van der Waals surface area contributed by atoms with Crippen LogP contribution in [-0.2, 0) is 12.6 Å². The van der Waals surface area contributed by atoms with E-state index in [1.54, 1.807) is 24.3 Å². The molecule has 2 aromatic rings. The van der Waals surface area contributed by atoms with E-state index in [2.05, 4.69) is 0 Å². The number of fused-ring (bicyclic) bond motifs is 1. The van der Waals surface area contributed by atoms with Gasteiger partial charge in [0.05, 0.1) is 5.56 Å². The number of carbonyl (C=O) groups is 1. The van der Waals surface area contributed by atoms with Crippen LogP contribution in [-0.4, -0.2) is 5.78 Å². The van der Waals surface area contributed by atoms with E-state index in [4.69, 9.17) is 0 Å². The summed E-state index contributed by atoms with van der Waals surface area (Å²) in [4.78, 5) is 11.9. The topological polar surface area (TPSA) is 17.1 Å². The van der Waals surface area contributed by atoms with Gasteiger partial charge in [-0.3, -0.25) is 4.79 Å². The second-order valence-corrected chi connectivity index (χ2v) is 4.81. The smallest absolute Gasteiger partial charge is 0.294 e. The number of benzene rings is 2. The molecule has 20 heavy (non-hydrogen) atoms. The number of ketones is 1. The number of hydrogen-bond donors (Lipinski definition) is 0. The molecule has 0 radical (unpaired) electrons. The molecule has 0 spiro atoms. The molecule has 0 aliphatic heterocycles. The highest BCUT2D eigenvalue weighted by Crippen LogP contribution is 2.40. The maximum atomic E-state index is 13.1. The predicted molar refractivity (Wildman–Crippen MR) is 69.5 cm³/mol. The third-order valence-corrected chi connectivity index (χ3v) is 3.57. The van der Waals surface area contributed by atoms with Gasteiger partial charge in [-0.05, 0) is 29.2 Å². The lowest BCUT2D eigenvalue weighted by atomic mass is 9.93. The zero-order valence-corrected chi connectivity index (χ0v) is 10.5. The van der Waals surface area contributed by atoms with E-state index in [0.717, 1.165) is 11.6 Å². The first kappa shape index (κ1) is 12.9. The third-order valence-electron chi connectivity index (χ3n) is 3.57. The Balaban J connectivity index is 2.27. The molecular formula is C16H11F3O. The fourth-order valence-corrected chi connectivity index (χ4v) is 2.70. The molecule has 2 aromatic carbocycles. The molecule has 0 heterocycles. The molecule has 0 saturated carbocycles. The molecule has 1 nitrogen and oxygen atoms in total. The lowest BCUT2D eigenvalue weighted by molar-refractivity contribution is -0.137. The first-order valence-corrected chi connectivity index (χ1v) is 6.30. The monoisotopic (exact) mass is 276 g/mol. The number of alkyl halides is 3. The Hall–Kier alpha value is -2.10. The maximum Gasteiger partial charge on any atom is 0.417 e. The highest BCUT2D eigenvalue weighted by molar-refractivity contribution is 6.06. The van der Waals surface area contributed by atoms with Crippen molar-refractivity contribution in [3.8, 4) is 11.1 Å². The minimum atomic E-state index is -4.43. The van der Waals surface area contributed by atoms with Crippen molar-refractivity contribution in [1.29, 1.82) is 0 Å². The SMILES string of the molecule is O=C1CCc2cccc(-c3ccccc3C(F)(F)F)c21. The molecule has 0 N–H and O–H groups in total. The number of Topliss-reactive ketones (excluding diaryl/α,β-unsaturated/α-hetero) is 1. The summed E-state index contributed by atoms with van der Waals surface area (Å²) in [5, 5.41) is 0. The molecule has 3 rings (SSSR count). The fraction of sp³-hybridized carbons (Fsp3) is 0.188. The number of aryl methyl sites for hydroxylation is 1. The van der Waals surface area contributed by atoms with Crippen molar-refractivity contribution in [2.75, 3.05) is 0 Å². The highest BCUT2D eigenvalue weighted by Gasteiger charge is 2.34. The Morgan fingerprint density at radius 2 is 1.55 bits per heavy atom. The second-order valence-electron chi connectivity index (χ2n) is 4.81. The van der Waals surface area contributed by atoms with Crippen LogP contribution in [0.25, 0.3) is 11.1 Å². The van der Waals surface area contributed by atoms with E-state index in [0.29, 0.717) is 24.0 Å². The Kier molecular flexibility index (Phi) is 2.89. The van der Waals surface area contributed by atoms with Gasteiger partial charge in [0.25, 0.3) is 0 Å². The van der Waals surface area contributed by atoms with Crippen LogP contribution in [0, 0.1) is 0 Å². The lowest BCUT2D eigenvalue weighted by Gasteiger charge is -2.15. The second kappa shape index (κ2) is 4.47. The predicted octanol–water partition coefficient (Wildman–Crippen LogP) is 4.50. The largest absolute Gasteiger partial charge is 0.417 e. The van der Waals surface area contributed by atoms with Crippen LogP contribution in [0.3, 0.4) is 0 Å². The molecule has 1 aliphatic rings. The molecule has 4 heteroatoms. The summed E-state index contributed by atoms with van der Waals surface area (Å²) < 4.78 is 39.3. The Labute approximate surface area is 114 Å². The molecule has 0 amide bonds. The molecule has 0 unspecified atom stereocenters. The summed E-state index contributed by atoms with van der Waals surface area (Å²) in [6, 6.07) is 10.5. The summed E-state index contributed by atoms with van der Waals surface area (Å²) >= 11 is 0. The van der Waals surface area contributed by atoms with Gasteiger partial charge in [-0.1, -0.05) is 36.4 Å². The summed E-state index contributed by atoms with van der Waals surface area (Å²) in [5.41, 5.74) is 1.05. The minimum Gasteiger partial charge on any atom is -0.294 e. The normalized spacial score (nSPS) is 14.4. The lowest BCUT2D eigenvalue weighted by Crippen LogP contribution is -2.08. The van der Waals surface area contributed by atoms with Gasteiger partial charge in [0.15, 0.2) is 5.78 Å². The van der Waals surface area contributed by atoms with Gasteiger partial charge in [0.2, 0.25) is 0 Å². The van der Waals surface area contributed by atoms with Crippen molar-refractivity contribution in [2.45, 2.75) is 19.0 Å². The van der Waals surface area contributed by atoms with Gasteiger partial charge >= 0.3 is 6.18 Å². The van der Waals surface area contributed by atoms with Crippen LogP contribution >= 0.6 is 0 Å². The summed E-state index contributed by atoms with van der Waals surface area (Å²) in [6.45, 7) is 0. The van der Waals surface area contributed by atoms with Gasteiger partial charge < -0.3 is 0 Å². The first-order valence-electron chi connectivity index (χ1n) is 6.30. The molecule has 0 saturated heterocycles. The number of halogens is 3. The summed E-state index contributed by atoms with van der Waals surface area (Å²) in [5.74, 6) is -0.0763. The van der Waals surface area contributed by atoms with E-state index in [-0.39, 0.29) is 11.3 Å². The fourth-order valence-electron chi connectivity index (χ4n) is 2.70. The molecule has 0 fully saturated rings. The van der Waals surface area contributed by atoms with Gasteiger partial charge in [-0.15, -0.1) is 0 Å². The van der Waals surface area contributed by atoms with Crippen LogP contribution in [0.15, 0.2) is 42.5 Å². The van der Waals surface area contributed by atoms with Crippen molar-refractivity contribution >= 4 is 5.78 Å². The van der Waals surface area contributed by atoms with Crippen LogP contribution in [0.5, 0.6) is 0 Å². The van der Waals surface area contributed by atoms with E-state index < -0.39 is 11.7 Å². The molecular weight excluding hydrogens is 265 g/mol. The van der Waals surface area contributed by atoms with E-state index in [1.165, 1.54) is 12.1 Å². The minimum absolute atomic E-state index is 0.0760. The summed E-state index contributed by atoms with van der Waals surface area (Å²) in [6.07, 6.45) is -3.45. The molecule has 0 bridgehead atoms. The van der Waals surface area contributed by atoms with E-state index in [9.17, 15) is 18.0 Å². The Morgan fingerprint density at radius 3 is 2.30 bits per heavy atom. The van der Waals surface area contributed by atoms with E-state index >= 15 is 0 Å². The van der Waals surface area contributed by atoms with Gasteiger partial charge in [0, 0.05) is 12.0 Å². The molecule has 0 aromatic heterocycles. The van der Waals surface area contributed by atoms with Crippen LogP contribution in [0.1, 0.15) is 27.9 Å². The van der Waals surface area contributed by atoms with Crippen molar-refractivity contribution in [1.82, 2.24) is 0 Å². The van der Waals surface area contributed by atoms with Gasteiger partial charge in [-0.2, -0.15) is 13.2 Å². The average Bonchev–Trinajstić information content (AvgIpc) is 2.80. The van der Waals surface area contributed by atoms with Crippen LogP contribution in [0.2, 0.25) is 0 Å².